The number of sulfonamides is 1. The number of amides is 1. The molecule has 0 unspecified atom stereocenters. The van der Waals surface area contributed by atoms with Gasteiger partial charge in [-0.05, 0) is 12.1 Å². The van der Waals surface area contributed by atoms with Crippen molar-refractivity contribution >= 4 is 15.9 Å². The fraction of sp³-hybridized carbons (Fsp3) is 0.364. The van der Waals surface area contributed by atoms with Gasteiger partial charge in [0.1, 0.15) is 23.0 Å². The van der Waals surface area contributed by atoms with Crippen LogP contribution < -0.4 is 19.7 Å². The molecule has 1 aromatic rings. The largest absolute Gasteiger partial charge is 0.497 e. The van der Waals surface area contributed by atoms with E-state index in [1.165, 1.54) is 33.4 Å². The van der Waals surface area contributed by atoms with Crippen molar-refractivity contribution in [1.29, 1.82) is 0 Å². The molecular formula is C11H16N2O6S. The molecule has 1 aromatic carbocycles. The Labute approximate surface area is 117 Å². The minimum atomic E-state index is -4.00. The van der Waals surface area contributed by atoms with Crippen LogP contribution in [-0.2, 0) is 19.7 Å². The van der Waals surface area contributed by atoms with Gasteiger partial charge in [0.05, 0.1) is 14.2 Å². The van der Waals surface area contributed by atoms with Gasteiger partial charge < -0.3 is 14.8 Å². The molecule has 0 aliphatic rings. The quantitative estimate of drug-likeness (QED) is 0.668. The lowest BCUT2D eigenvalue weighted by atomic mass is 10.3. The van der Waals surface area contributed by atoms with Crippen molar-refractivity contribution in [2.75, 3.05) is 27.9 Å². The van der Waals surface area contributed by atoms with Gasteiger partial charge in [-0.25, -0.2) is 8.42 Å². The summed E-state index contributed by atoms with van der Waals surface area (Å²) in [6, 6.07) is 4.29. The van der Waals surface area contributed by atoms with Crippen molar-refractivity contribution in [2.45, 2.75) is 4.90 Å². The van der Waals surface area contributed by atoms with Crippen molar-refractivity contribution in [3.63, 3.8) is 0 Å². The monoisotopic (exact) mass is 304 g/mol. The fourth-order valence-electron chi connectivity index (χ4n) is 1.28. The first kappa shape index (κ1) is 16.2. The second kappa shape index (κ2) is 7.08. The standard InChI is InChI=1S/C11H16N2O6S/c1-12-11(14)7-19-13-20(15,16)10-6-8(17-2)4-5-9(10)18-3/h4-6,13H,7H2,1-3H3,(H,12,14). The molecular weight excluding hydrogens is 288 g/mol. The van der Waals surface area contributed by atoms with Gasteiger partial charge in [0.15, 0.2) is 0 Å². The number of ether oxygens (including phenoxy) is 2. The molecule has 2 N–H and O–H groups in total. The molecule has 0 radical (unpaired) electrons. The number of hydrogen-bond donors (Lipinski definition) is 2. The number of likely N-dealkylation sites (N-methyl/N-ethyl adjacent to an activating group) is 1. The van der Waals surface area contributed by atoms with Crippen molar-refractivity contribution in [1.82, 2.24) is 10.2 Å². The van der Waals surface area contributed by atoms with Gasteiger partial charge in [0.25, 0.3) is 10.0 Å². The Balaban J connectivity index is 2.93. The summed E-state index contributed by atoms with van der Waals surface area (Å²) in [4.78, 5) is 17.3. The lowest BCUT2D eigenvalue weighted by Gasteiger charge is -2.11. The Morgan fingerprint density at radius 1 is 1.25 bits per heavy atom. The molecule has 0 bridgehead atoms. The van der Waals surface area contributed by atoms with Crippen molar-refractivity contribution < 1.29 is 27.5 Å². The predicted molar refractivity (Wildman–Crippen MR) is 69.9 cm³/mol. The van der Waals surface area contributed by atoms with E-state index in [1.807, 2.05) is 4.89 Å². The molecule has 0 aliphatic carbocycles. The maximum atomic E-state index is 12.0. The topological polar surface area (TPSA) is 103 Å². The molecule has 9 heteroatoms. The average molecular weight is 304 g/mol. The van der Waals surface area contributed by atoms with Gasteiger partial charge in [-0.15, -0.1) is 0 Å². The summed E-state index contributed by atoms with van der Waals surface area (Å²) in [5.74, 6) is 0.00428. The fourth-order valence-corrected chi connectivity index (χ4v) is 2.28. The van der Waals surface area contributed by atoms with Crippen LogP contribution in [-0.4, -0.2) is 42.2 Å². The number of nitrogens with one attached hydrogen (secondary N) is 2. The van der Waals surface area contributed by atoms with E-state index in [-0.39, 0.29) is 10.6 Å². The van der Waals surface area contributed by atoms with E-state index < -0.39 is 22.5 Å². The summed E-state index contributed by atoms with van der Waals surface area (Å²) in [5, 5.41) is 2.29. The van der Waals surface area contributed by atoms with Crippen molar-refractivity contribution in [3.8, 4) is 11.5 Å². The van der Waals surface area contributed by atoms with Gasteiger partial charge in [-0.3, -0.25) is 9.63 Å². The number of hydrogen-bond acceptors (Lipinski definition) is 6. The van der Waals surface area contributed by atoms with Crippen LogP contribution in [0.3, 0.4) is 0 Å². The number of rotatable bonds is 7. The molecule has 20 heavy (non-hydrogen) atoms. The summed E-state index contributed by atoms with van der Waals surface area (Å²) in [5.41, 5.74) is 0. The molecule has 0 aliphatic heterocycles. The summed E-state index contributed by atoms with van der Waals surface area (Å²) in [6.45, 7) is -0.442. The highest BCUT2D eigenvalue weighted by atomic mass is 32.2. The normalized spacial score (nSPS) is 10.9. The Morgan fingerprint density at radius 2 is 1.95 bits per heavy atom. The summed E-state index contributed by atoms with van der Waals surface area (Å²) in [6.07, 6.45) is 0. The second-order valence-corrected chi connectivity index (χ2v) is 5.18. The van der Waals surface area contributed by atoms with E-state index in [1.54, 1.807) is 6.07 Å². The van der Waals surface area contributed by atoms with E-state index in [2.05, 4.69) is 10.2 Å². The third kappa shape index (κ3) is 4.08. The maximum Gasteiger partial charge on any atom is 0.266 e. The molecule has 112 valence electrons. The van der Waals surface area contributed by atoms with Crippen LogP contribution in [0.4, 0.5) is 0 Å². The minimum absolute atomic E-state index is 0.127. The molecule has 0 fully saturated rings. The highest BCUT2D eigenvalue weighted by molar-refractivity contribution is 7.89. The third-order valence-electron chi connectivity index (χ3n) is 2.31. The first-order valence-corrected chi connectivity index (χ1v) is 6.99. The van der Waals surface area contributed by atoms with E-state index in [0.29, 0.717) is 5.75 Å². The molecule has 1 amide bonds. The Kier molecular flexibility index (Phi) is 5.74. The van der Waals surface area contributed by atoms with Gasteiger partial charge in [-0.1, -0.05) is 4.89 Å². The summed E-state index contributed by atoms with van der Waals surface area (Å²) >= 11 is 0. The van der Waals surface area contributed by atoms with Crippen LogP contribution in [0.25, 0.3) is 0 Å². The van der Waals surface area contributed by atoms with Crippen molar-refractivity contribution in [2.24, 2.45) is 0 Å². The smallest absolute Gasteiger partial charge is 0.266 e. The van der Waals surface area contributed by atoms with Gasteiger partial charge in [-0.2, -0.15) is 0 Å². The zero-order valence-corrected chi connectivity index (χ0v) is 12.1. The second-order valence-electron chi connectivity index (χ2n) is 3.57. The van der Waals surface area contributed by atoms with Crippen LogP contribution in [0.2, 0.25) is 0 Å². The summed E-state index contributed by atoms with van der Waals surface area (Å²) < 4.78 is 34.0. The molecule has 0 saturated heterocycles. The Hall–Kier alpha value is -1.84. The highest BCUT2D eigenvalue weighted by Gasteiger charge is 2.21. The van der Waals surface area contributed by atoms with E-state index in [0.717, 1.165) is 0 Å². The number of carbonyl (C=O) groups is 1. The Morgan fingerprint density at radius 3 is 2.50 bits per heavy atom. The zero-order chi connectivity index (χ0) is 15.2. The lowest BCUT2D eigenvalue weighted by molar-refractivity contribution is -0.126. The van der Waals surface area contributed by atoms with Crippen LogP contribution in [0, 0.1) is 0 Å². The van der Waals surface area contributed by atoms with Crippen LogP contribution >= 0.6 is 0 Å². The van der Waals surface area contributed by atoms with Gasteiger partial charge in [0, 0.05) is 13.1 Å². The predicted octanol–water partition coefficient (Wildman–Crippen LogP) is -0.340. The number of methoxy groups -OCH3 is 2. The molecule has 0 atom stereocenters. The highest BCUT2D eigenvalue weighted by Crippen LogP contribution is 2.27. The first-order chi connectivity index (χ1) is 9.44. The maximum absolute atomic E-state index is 12.0. The average Bonchev–Trinajstić information content (AvgIpc) is 2.46. The molecule has 1 rings (SSSR count). The number of benzene rings is 1. The van der Waals surface area contributed by atoms with E-state index in [9.17, 15) is 13.2 Å². The minimum Gasteiger partial charge on any atom is -0.497 e. The zero-order valence-electron chi connectivity index (χ0n) is 11.3. The number of carbonyl (C=O) groups excluding carboxylic acids is 1. The molecule has 8 nitrogen and oxygen atoms in total. The molecule has 0 spiro atoms. The van der Waals surface area contributed by atoms with Crippen molar-refractivity contribution in [3.05, 3.63) is 18.2 Å². The molecule has 0 heterocycles. The summed E-state index contributed by atoms with van der Waals surface area (Å²) in [7, 11) is 0.161. The van der Waals surface area contributed by atoms with Gasteiger partial charge in [0.2, 0.25) is 5.91 Å². The van der Waals surface area contributed by atoms with Gasteiger partial charge >= 0.3 is 0 Å². The van der Waals surface area contributed by atoms with E-state index in [4.69, 9.17) is 9.47 Å². The molecule has 0 saturated carbocycles. The van der Waals surface area contributed by atoms with Crippen LogP contribution in [0.5, 0.6) is 11.5 Å². The first-order valence-electron chi connectivity index (χ1n) is 5.50. The Bertz CT molecular complexity index is 572. The third-order valence-corrected chi connectivity index (χ3v) is 3.55. The SMILES string of the molecule is CNC(=O)CONS(=O)(=O)c1cc(OC)ccc1OC. The van der Waals surface area contributed by atoms with Crippen LogP contribution in [0.15, 0.2) is 23.1 Å². The van der Waals surface area contributed by atoms with Crippen LogP contribution in [0.1, 0.15) is 0 Å². The lowest BCUT2D eigenvalue weighted by Crippen LogP contribution is -2.31. The van der Waals surface area contributed by atoms with E-state index >= 15 is 0 Å². The molecule has 0 aromatic heterocycles.